The zero-order chi connectivity index (χ0) is 9.26. The van der Waals surface area contributed by atoms with Crippen LogP contribution in [0.1, 0.15) is 11.1 Å². The van der Waals surface area contributed by atoms with E-state index in [4.69, 9.17) is 5.73 Å². The van der Waals surface area contributed by atoms with Crippen LogP contribution in [0.4, 0.5) is 0 Å². The van der Waals surface area contributed by atoms with Crippen molar-refractivity contribution in [1.29, 1.82) is 0 Å². The quantitative estimate of drug-likeness (QED) is 0.706. The Morgan fingerprint density at radius 2 is 1.85 bits per heavy atom. The summed E-state index contributed by atoms with van der Waals surface area (Å²) in [7, 11) is 0. The van der Waals surface area contributed by atoms with Crippen LogP contribution in [0.25, 0.3) is 0 Å². The SMILES string of the molecule is C=C(N)NC1Cc2ccccc2C1. The predicted octanol–water partition coefficient (Wildman–Crippen LogP) is 1.17. The van der Waals surface area contributed by atoms with Gasteiger partial charge in [0.1, 0.15) is 0 Å². The summed E-state index contributed by atoms with van der Waals surface area (Å²) in [6.45, 7) is 3.65. The number of nitrogens with one attached hydrogen (secondary N) is 1. The molecule has 0 aromatic heterocycles. The van der Waals surface area contributed by atoms with Gasteiger partial charge in [-0.3, -0.25) is 0 Å². The van der Waals surface area contributed by atoms with Crippen molar-refractivity contribution in [2.24, 2.45) is 5.73 Å². The van der Waals surface area contributed by atoms with E-state index in [1.165, 1.54) is 11.1 Å². The van der Waals surface area contributed by atoms with Crippen LogP contribution >= 0.6 is 0 Å². The molecule has 2 heteroatoms. The van der Waals surface area contributed by atoms with Gasteiger partial charge in [0.2, 0.25) is 0 Å². The highest BCUT2D eigenvalue weighted by atomic mass is 15.0. The molecular formula is C11H14N2. The molecule has 0 heterocycles. The standard InChI is InChI=1S/C11H14N2/c1-8(12)13-11-6-9-4-2-3-5-10(9)7-11/h2-5,11,13H,1,6-7,12H2. The average molecular weight is 174 g/mol. The van der Waals surface area contributed by atoms with Crippen molar-refractivity contribution in [2.75, 3.05) is 0 Å². The average Bonchev–Trinajstić information content (AvgIpc) is 2.44. The Balaban J connectivity index is 2.09. The van der Waals surface area contributed by atoms with Crippen molar-refractivity contribution < 1.29 is 0 Å². The minimum absolute atomic E-state index is 0.440. The van der Waals surface area contributed by atoms with Gasteiger partial charge in [-0.2, -0.15) is 0 Å². The molecule has 1 aliphatic rings. The van der Waals surface area contributed by atoms with Gasteiger partial charge in [0.15, 0.2) is 0 Å². The van der Waals surface area contributed by atoms with Crippen LogP contribution < -0.4 is 11.1 Å². The molecule has 0 spiro atoms. The van der Waals surface area contributed by atoms with Crippen molar-refractivity contribution in [3.63, 3.8) is 0 Å². The lowest BCUT2D eigenvalue weighted by molar-refractivity contribution is 0.593. The molecule has 0 saturated heterocycles. The second kappa shape index (κ2) is 3.13. The fraction of sp³-hybridized carbons (Fsp3) is 0.273. The predicted molar refractivity (Wildman–Crippen MR) is 54.1 cm³/mol. The second-order valence-corrected chi connectivity index (χ2v) is 3.54. The maximum Gasteiger partial charge on any atom is 0.0888 e. The fourth-order valence-electron chi connectivity index (χ4n) is 1.92. The van der Waals surface area contributed by atoms with Gasteiger partial charge in [-0.15, -0.1) is 0 Å². The lowest BCUT2D eigenvalue weighted by Gasteiger charge is -2.11. The highest BCUT2D eigenvalue weighted by Crippen LogP contribution is 2.21. The Labute approximate surface area is 78.5 Å². The molecule has 13 heavy (non-hydrogen) atoms. The van der Waals surface area contributed by atoms with E-state index < -0.39 is 0 Å². The summed E-state index contributed by atoms with van der Waals surface area (Å²) < 4.78 is 0. The molecule has 0 radical (unpaired) electrons. The van der Waals surface area contributed by atoms with E-state index in [2.05, 4.69) is 36.2 Å². The number of hydrogen-bond donors (Lipinski definition) is 2. The zero-order valence-electron chi connectivity index (χ0n) is 7.59. The van der Waals surface area contributed by atoms with Gasteiger partial charge in [-0.25, -0.2) is 0 Å². The third-order valence-corrected chi connectivity index (χ3v) is 2.44. The number of fused-ring (bicyclic) bond motifs is 1. The third-order valence-electron chi connectivity index (χ3n) is 2.44. The minimum atomic E-state index is 0.440. The lowest BCUT2D eigenvalue weighted by Crippen LogP contribution is -2.31. The Bertz CT molecular complexity index is 306. The Morgan fingerprint density at radius 1 is 1.31 bits per heavy atom. The second-order valence-electron chi connectivity index (χ2n) is 3.54. The minimum Gasteiger partial charge on any atom is -0.386 e. The van der Waals surface area contributed by atoms with Gasteiger partial charge in [-0.05, 0) is 24.0 Å². The zero-order valence-corrected chi connectivity index (χ0v) is 7.59. The van der Waals surface area contributed by atoms with E-state index in [1.807, 2.05) is 0 Å². The van der Waals surface area contributed by atoms with Crippen LogP contribution in [0.3, 0.4) is 0 Å². The largest absolute Gasteiger partial charge is 0.386 e. The van der Waals surface area contributed by atoms with Crippen LogP contribution in [0.5, 0.6) is 0 Å². The van der Waals surface area contributed by atoms with Crippen LogP contribution in [0, 0.1) is 0 Å². The van der Waals surface area contributed by atoms with E-state index in [1.54, 1.807) is 0 Å². The van der Waals surface area contributed by atoms with Crippen molar-refractivity contribution in [1.82, 2.24) is 5.32 Å². The maximum atomic E-state index is 5.50. The molecule has 0 amide bonds. The first-order valence-corrected chi connectivity index (χ1v) is 4.53. The van der Waals surface area contributed by atoms with Gasteiger partial charge < -0.3 is 11.1 Å². The highest BCUT2D eigenvalue weighted by molar-refractivity contribution is 5.33. The van der Waals surface area contributed by atoms with Crippen molar-refractivity contribution in [3.8, 4) is 0 Å². The Morgan fingerprint density at radius 3 is 2.31 bits per heavy atom. The molecule has 3 N–H and O–H groups in total. The molecule has 0 atom stereocenters. The first-order valence-electron chi connectivity index (χ1n) is 4.53. The van der Waals surface area contributed by atoms with Gasteiger partial charge >= 0.3 is 0 Å². The number of rotatable bonds is 2. The molecule has 1 aromatic carbocycles. The summed E-state index contributed by atoms with van der Waals surface area (Å²) >= 11 is 0. The molecule has 68 valence electrons. The van der Waals surface area contributed by atoms with E-state index in [-0.39, 0.29) is 0 Å². The van der Waals surface area contributed by atoms with Crippen LogP contribution in [0.15, 0.2) is 36.7 Å². The first kappa shape index (κ1) is 8.17. The molecule has 0 unspecified atom stereocenters. The molecular weight excluding hydrogens is 160 g/mol. The van der Waals surface area contributed by atoms with Crippen molar-refractivity contribution >= 4 is 0 Å². The summed E-state index contributed by atoms with van der Waals surface area (Å²) in [6.07, 6.45) is 2.12. The van der Waals surface area contributed by atoms with Gasteiger partial charge in [0.25, 0.3) is 0 Å². The summed E-state index contributed by atoms with van der Waals surface area (Å²) in [5.41, 5.74) is 8.36. The molecule has 2 nitrogen and oxygen atoms in total. The molecule has 0 aliphatic heterocycles. The molecule has 1 aromatic rings. The normalized spacial score (nSPS) is 15.4. The molecule has 2 rings (SSSR count). The molecule has 0 fully saturated rings. The summed E-state index contributed by atoms with van der Waals surface area (Å²) in [5.74, 6) is 0.567. The number of nitrogens with two attached hydrogens (primary N) is 1. The van der Waals surface area contributed by atoms with Crippen LogP contribution in [0.2, 0.25) is 0 Å². The molecule has 0 bridgehead atoms. The Hall–Kier alpha value is -1.44. The topological polar surface area (TPSA) is 38.0 Å². The third kappa shape index (κ3) is 1.66. The van der Waals surface area contributed by atoms with E-state index in [9.17, 15) is 0 Å². The van der Waals surface area contributed by atoms with Crippen LogP contribution in [-0.4, -0.2) is 6.04 Å². The summed E-state index contributed by atoms with van der Waals surface area (Å²) in [6, 6.07) is 8.96. The smallest absolute Gasteiger partial charge is 0.0888 e. The monoisotopic (exact) mass is 174 g/mol. The number of hydrogen-bond acceptors (Lipinski definition) is 2. The van der Waals surface area contributed by atoms with E-state index >= 15 is 0 Å². The van der Waals surface area contributed by atoms with Gasteiger partial charge in [0, 0.05) is 6.04 Å². The number of benzene rings is 1. The maximum absolute atomic E-state index is 5.50. The Kier molecular flexibility index (Phi) is 1.97. The van der Waals surface area contributed by atoms with Crippen LogP contribution in [-0.2, 0) is 12.8 Å². The van der Waals surface area contributed by atoms with E-state index in [0.717, 1.165) is 12.8 Å². The van der Waals surface area contributed by atoms with Gasteiger partial charge in [0.05, 0.1) is 5.82 Å². The van der Waals surface area contributed by atoms with Gasteiger partial charge in [-0.1, -0.05) is 30.8 Å². The lowest BCUT2D eigenvalue weighted by atomic mass is 10.1. The summed E-state index contributed by atoms with van der Waals surface area (Å²) in [5, 5.41) is 3.17. The van der Waals surface area contributed by atoms with E-state index in [0.29, 0.717) is 11.9 Å². The molecule has 1 aliphatic carbocycles. The fourth-order valence-corrected chi connectivity index (χ4v) is 1.92. The molecule has 0 saturated carbocycles. The highest BCUT2D eigenvalue weighted by Gasteiger charge is 2.19. The van der Waals surface area contributed by atoms with Crippen molar-refractivity contribution in [2.45, 2.75) is 18.9 Å². The van der Waals surface area contributed by atoms with Crippen molar-refractivity contribution in [3.05, 3.63) is 47.8 Å². The summed E-state index contributed by atoms with van der Waals surface area (Å²) in [4.78, 5) is 0. The first-order chi connectivity index (χ1) is 6.25.